The molecule has 4 nitrogen and oxygen atoms in total. The van der Waals surface area contributed by atoms with Gasteiger partial charge in [-0.2, -0.15) is 0 Å². The van der Waals surface area contributed by atoms with Gasteiger partial charge in [0, 0.05) is 0 Å². The number of ether oxygens (including phenoxy) is 4. The van der Waals surface area contributed by atoms with Crippen LogP contribution in [0, 0.1) is 0 Å². The second-order valence-electron chi connectivity index (χ2n) is 7.83. The van der Waals surface area contributed by atoms with Crippen LogP contribution in [0.5, 0.6) is 0 Å². The number of rotatable bonds is 7. The van der Waals surface area contributed by atoms with Gasteiger partial charge in [-0.3, -0.25) is 0 Å². The third-order valence-electron chi connectivity index (χ3n) is 5.78. The zero-order valence-electron chi connectivity index (χ0n) is 16.9. The van der Waals surface area contributed by atoms with Gasteiger partial charge < -0.3 is 18.9 Å². The van der Waals surface area contributed by atoms with Crippen LogP contribution < -0.4 is 0 Å². The predicted molar refractivity (Wildman–Crippen MR) is 114 cm³/mol. The van der Waals surface area contributed by atoms with E-state index in [1.807, 2.05) is 42.5 Å². The summed E-state index contributed by atoms with van der Waals surface area (Å²) in [6.45, 7) is 2.13. The highest BCUT2D eigenvalue weighted by Gasteiger charge is 2.49. The molecular weight excluding hydrogens is 376 g/mol. The zero-order chi connectivity index (χ0) is 20.2. The van der Waals surface area contributed by atoms with E-state index in [0.717, 1.165) is 11.1 Å². The van der Waals surface area contributed by atoms with Gasteiger partial charge in [0.15, 0.2) is 0 Å². The van der Waals surface area contributed by atoms with Crippen molar-refractivity contribution in [2.75, 3.05) is 6.61 Å². The molecule has 2 aliphatic rings. The van der Waals surface area contributed by atoms with E-state index in [1.165, 1.54) is 11.1 Å². The summed E-state index contributed by atoms with van der Waals surface area (Å²) in [7, 11) is 0. The molecule has 0 radical (unpaired) electrons. The van der Waals surface area contributed by atoms with E-state index in [9.17, 15) is 0 Å². The molecule has 0 amide bonds. The van der Waals surface area contributed by atoms with Gasteiger partial charge in [0.05, 0.1) is 26.4 Å². The first kappa shape index (κ1) is 19.5. The summed E-state index contributed by atoms with van der Waals surface area (Å²) in [5.74, 6) is 0. The lowest BCUT2D eigenvalue weighted by atomic mass is 9.94. The fourth-order valence-electron chi connectivity index (χ4n) is 4.26. The molecule has 1 fully saturated rings. The van der Waals surface area contributed by atoms with Gasteiger partial charge in [-0.25, -0.2) is 0 Å². The first-order valence-electron chi connectivity index (χ1n) is 10.5. The maximum Gasteiger partial charge on any atom is 0.117 e. The molecule has 30 heavy (non-hydrogen) atoms. The summed E-state index contributed by atoms with van der Waals surface area (Å²) in [5, 5.41) is 0. The fraction of sp³-hybridized carbons (Fsp3) is 0.308. The molecule has 0 aromatic heterocycles. The van der Waals surface area contributed by atoms with Gasteiger partial charge in [0.1, 0.15) is 24.4 Å². The average molecular weight is 402 g/mol. The topological polar surface area (TPSA) is 36.9 Å². The van der Waals surface area contributed by atoms with Gasteiger partial charge in [-0.05, 0) is 22.3 Å². The largest absolute Gasteiger partial charge is 0.374 e. The fourth-order valence-corrected chi connectivity index (χ4v) is 4.26. The van der Waals surface area contributed by atoms with Crippen LogP contribution in [0.3, 0.4) is 0 Å². The molecule has 0 unspecified atom stereocenters. The van der Waals surface area contributed by atoms with E-state index in [0.29, 0.717) is 26.4 Å². The molecule has 0 aliphatic carbocycles. The van der Waals surface area contributed by atoms with Crippen molar-refractivity contribution in [2.45, 2.75) is 44.2 Å². The first-order valence-corrected chi connectivity index (χ1v) is 10.5. The van der Waals surface area contributed by atoms with Crippen molar-refractivity contribution in [3.05, 3.63) is 107 Å². The van der Waals surface area contributed by atoms with E-state index in [-0.39, 0.29) is 24.4 Å². The Hall–Kier alpha value is -2.50. The Morgan fingerprint density at radius 2 is 1.43 bits per heavy atom. The predicted octanol–water partition coefficient (Wildman–Crippen LogP) is 4.83. The zero-order valence-corrected chi connectivity index (χ0v) is 16.9. The Bertz CT molecular complexity index is 944. The highest BCUT2D eigenvalue weighted by Crippen LogP contribution is 2.42. The average Bonchev–Trinajstić information content (AvgIpc) is 3.17. The minimum atomic E-state index is -0.182. The van der Waals surface area contributed by atoms with Crippen LogP contribution in [-0.4, -0.2) is 24.9 Å². The van der Waals surface area contributed by atoms with Crippen LogP contribution in [0.2, 0.25) is 0 Å². The molecule has 154 valence electrons. The van der Waals surface area contributed by atoms with E-state index >= 15 is 0 Å². The Labute approximate surface area is 177 Å². The Kier molecular flexibility index (Phi) is 5.91. The molecule has 0 saturated carbocycles. The third kappa shape index (κ3) is 4.18. The van der Waals surface area contributed by atoms with Crippen LogP contribution in [0.4, 0.5) is 0 Å². The normalized spacial score (nSPS) is 24.9. The molecular formula is C26H26O4. The Balaban J connectivity index is 1.31. The molecule has 2 aliphatic heterocycles. The highest BCUT2D eigenvalue weighted by atomic mass is 16.6. The highest BCUT2D eigenvalue weighted by molar-refractivity contribution is 5.32. The van der Waals surface area contributed by atoms with Crippen molar-refractivity contribution in [1.82, 2.24) is 0 Å². The van der Waals surface area contributed by atoms with E-state index < -0.39 is 0 Å². The van der Waals surface area contributed by atoms with Crippen LogP contribution in [0.25, 0.3) is 0 Å². The first-order chi connectivity index (χ1) is 14.9. The van der Waals surface area contributed by atoms with Crippen molar-refractivity contribution in [1.29, 1.82) is 0 Å². The second kappa shape index (κ2) is 9.11. The lowest BCUT2D eigenvalue weighted by molar-refractivity contribution is -0.0919. The summed E-state index contributed by atoms with van der Waals surface area (Å²) < 4.78 is 25.1. The Morgan fingerprint density at radius 3 is 2.20 bits per heavy atom. The van der Waals surface area contributed by atoms with Crippen LogP contribution in [0.15, 0.2) is 84.9 Å². The van der Waals surface area contributed by atoms with Crippen LogP contribution >= 0.6 is 0 Å². The van der Waals surface area contributed by atoms with Crippen molar-refractivity contribution in [3.8, 4) is 0 Å². The van der Waals surface area contributed by atoms with Crippen molar-refractivity contribution in [2.24, 2.45) is 0 Å². The van der Waals surface area contributed by atoms with E-state index in [2.05, 4.69) is 42.5 Å². The summed E-state index contributed by atoms with van der Waals surface area (Å²) in [6.07, 6.45) is -0.618. The molecule has 0 spiro atoms. The molecule has 4 heteroatoms. The van der Waals surface area contributed by atoms with Gasteiger partial charge in [0.25, 0.3) is 0 Å². The molecule has 5 rings (SSSR count). The standard InChI is InChI=1S/C26H26O4/c1-3-9-19(10-4-1)15-27-18-23-25(28-16-20-11-5-2-6-12-20)26-24(30-23)22-14-8-7-13-21(22)17-29-26/h1-14,23-26H,15-18H2/t23-,24+,25+,26+/m1/s1. The maximum absolute atomic E-state index is 6.46. The van der Waals surface area contributed by atoms with Crippen molar-refractivity contribution >= 4 is 0 Å². The quantitative estimate of drug-likeness (QED) is 0.567. The van der Waals surface area contributed by atoms with Gasteiger partial charge in [0.2, 0.25) is 0 Å². The van der Waals surface area contributed by atoms with Gasteiger partial charge >= 0.3 is 0 Å². The van der Waals surface area contributed by atoms with Crippen molar-refractivity contribution < 1.29 is 18.9 Å². The number of hydrogen-bond acceptors (Lipinski definition) is 4. The number of benzene rings is 3. The molecule has 4 atom stereocenters. The van der Waals surface area contributed by atoms with Crippen LogP contribution in [0.1, 0.15) is 28.4 Å². The smallest absolute Gasteiger partial charge is 0.117 e. The minimum absolute atomic E-state index is 0.124. The lowest BCUT2D eigenvalue weighted by Gasteiger charge is -2.30. The van der Waals surface area contributed by atoms with Crippen LogP contribution in [-0.2, 0) is 38.8 Å². The second-order valence-corrected chi connectivity index (χ2v) is 7.83. The summed E-state index contributed by atoms with van der Waals surface area (Å²) >= 11 is 0. The maximum atomic E-state index is 6.46. The van der Waals surface area contributed by atoms with E-state index in [1.54, 1.807) is 0 Å². The molecule has 0 bridgehead atoms. The van der Waals surface area contributed by atoms with Crippen molar-refractivity contribution in [3.63, 3.8) is 0 Å². The number of hydrogen-bond donors (Lipinski definition) is 0. The minimum Gasteiger partial charge on any atom is -0.374 e. The summed E-state index contributed by atoms with van der Waals surface area (Å²) in [6, 6.07) is 28.8. The number of fused-ring (bicyclic) bond motifs is 3. The summed E-state index contributed by atoms with van der Waals surface area (Å²) in [4.78, 5) is 0. The van der Waals surface area contributed by atoms with Gasteiger partial charge in [-0.15, -0.1) is 0 Å². The molecule has 1 saturated heterocycles. The molecule has 2 heterocycles. The van der Waals surface area contributed by atoms with E-state index in [4.69, 9.17) is 18.9 Å². The SMILES string of the molecule is c1ccc(COC[C@H]2O[C@H]3c4ccccc4CO[C@@H]3[C@H]2OCc2ccccc2)cc1. The third-order valence-corrected chi connectivity index (χ3v) is 5.78. The monoisotopic (exact) mass is 402 g/mol. The van der Waals surface area contributed by atoms with Gasteiger partial charge in [-0.1, -0.05) is 84.9 Å². The Morgan fingerprint density at radius 1 is 0.767 bits per heavy atom. The lowest BCUT2D eigenvalue weighted by Crippen LogP contribution is -2.39. The summed E-state index contributed by atoms with van der Waals surface area (Å²) in [5.41, 5.74) is 4.68. The molecule has 3 aromatic rings. The molecule has 0 N–H and O–H groups in total. The molecule has 3 aromatic carbocycles.